The normalized spacial score (nSPS) is 20.1. The van der Waals surface area contributed by atoms with Crippen molar-refractivity contribution in [3.8, 4) is 0 Å². The van der Waals surface area contributed by atoms with Crippen molar-refractivity contribution in [1.29, 1.82) is 0 Å². The highest BCUT2D eigenvalue weighted by molar-refractivity contribution is 6.06. The van der Waals surface area contributed by atoms with E-state index in [0.29, 0.717) is 29.0 Å². The Labute approximate surface area is 189 Å². The first kappa shape index (κ1) is 23.5. The molecule has 0 spiro atoms. The summed E-state index contributed by atoms with van der Waals surface area (Å²) in [7, 11) is 2.18. The molecule has 0 radical (unpaired) electrons. The van der Waals surface area contributed by atoms with E-state index < -0.39 is 5.91 Å². The van der Waals surface area contributed by atoms with Gasteiger partial charge < -0.3 is 0 Å². The Hall–Kier alpha value is -3.13. The molecule has 0 saturated carbocycles. The van der Waals surface area contributed by atoms with Crippen LogP contribution >= 0.6 is 0 Å². The summed E-state index contributed by atoms with van der Waals surface area (Å²) in [6, 6.07) is 14.1. The number of carbonyl (C=O) groups is 2. The van der Waals surface area contributed by atoms with Crippen molar-refractivity contribution in [2.24, 2.45) is 0 Å². The first-order valence-electron chi connectivity index (χ1n) is 10.7. The van der Waals surface area contributed by atoms with Gasteiger partial charge in [0.1, 0.15) is 0 Å². The lowest BCUT2D eigenvalue weighted by Crippen LogP contribution is -2.54. The maximum absolute atomic E-state index is 12.6. The van der Waals surface area contributed by atoms with Crippen molar-refractivity contribution in [2.75, 3.05) is 20.1 Å². The van der Waals surface area contributed by atoms with Gasteiger partial charge in [0, 0.05) is 43.4 Å². The van der Waals surface area contributed by atoms with Gasteiger partial charge in [-0.3, -0.25) is 24.6 Å². The molecule has 1 saturated heterocycles. The number of nitrogens with one attached hydrogen (secondary N) is 1. The molecule has 2 N–H and O–H groups in total. The SMILES string of the molecule is CC1CN(Cc2ccc(C(=O)/C=C/c3cccc(/C=C/C(=O)NO)n3)cc2)CC(C)N1C. The van der Waals surface area contributed by atoms with E-state index in [1.54, 1.807) is 24.3 Å². The number of aromatic nitrogens is 1. The molecule has 2 atom stereocenters. The minimum absolute atomic E-state index is 0.0965. The van der Waals surface area contributed by atoms with Gasteiger partial charge in [0.05, 0.1) is 11.4 Å². The first-order chi connectivity index (χ1) is 15.4. The van der Waals surface area contributed by atoms with Gasteiger partial charge in [-0.2, -0.15) is 0 Å². The van der Waals surface area contributed by atoms with Gasteiger partial charge in [-0.05, 0) is 56.8 Å². The molecule has 1 aliphatic heterocycles. The lowest BCUT2D eigenvalue weighted by Gasteiger charge is -2.42. The molecule has 0 bridgehead atoms. The lowest BCUT2D eigenvalue weighted by molar-refractivity contribution is -0.124. The van der Waals surface area contributed by atoms with Crippen LogP contribution in [0, 0.1) is 0 Å². The second-order valence-electron chi connectivity index (χ2n) is 8.25. The van der Waals surface area contributed by atoms with Gasteiger partial charge in [-0.15, -0.1) is 0 Å². The molecule has 1 aromatic carbocycles. The van der Waals surface area contributed by atoms with Crippen molar-refractivity contribution < 1.29 is 14.8 Å². The fraction of sp³-hybridized carbons (Fsp3) is 0.320. The van der Waals surface area contributed by atoms with Crippen molar-refractivity contribution >= 4 is 23.8 Å². The van der Waals surface area contributed by atoms with E-state index >= 15 is 0 Å². The van der Waals surface area contributed by atoms with Crippen molar-refractivity contribution in [1.82, 2.24) is 20.3 Å². The van der Waals surface area contributed by atoms with Crippen LogP contribution in [0.3, 0.4) is 0 Å². The molecule has 1 amide bonds. The number of hydrogen-bond acceptors (Lipinski definition) is 6. The number of rotatable bonds is 7. The molecule has 0 aliphatic carbocycles. The lowest BCUT2D eigenvalue weighted by atomic mass is 10.1. The molecule has 2 heterocycles. The number of hydrogen-bond donors (Lipinski definition) is 2. The van der Waals surface area contributed by atoms with Crippen LogP contribution in [-0.4, -0.2) is 63.9 Å². The van der Waals surface area contributed by atoms with Gasteiger partial charge in [-0.1, -0.05) is 30.3 Å². The van der Waals surface area contributed by atoms with E-state index in [1.807, 2.05) is 24.3 Å². The number of amides is 1. The van der Waals surface area contributed by atoms with Crippen LogP contribution in [0.5, 0.6) is 0 Å². The minimum atomic E-state index is -0.636. The molecular formula is C25H30N4O3. The van der Waals surface area contributed by atoms with Crippen LogP contribution in [0.4, 0.5) is 0 Å². The third-order valence-electron chi connectivity index (χ3n) is 5.79. The zero-order valence-corrected chi connectivity index (χ0v) is 18.7. The van der Waals surface area contributed by atoms with Crippen molar-refractivity contribution in [3.63, 3.8) is 0 Å². The largest absolute Gasteiger partial charge is 0.298 e. The molecule has 1 aliphatic rings. The Morgan fingerprint density at radius 2 is 1.62 bits per heavy atom. The summed E-state index contributed by atoms with van der Waals surface area (Å²) in [5, 5.41) is 8.53. The number of hydroxylamine groups is 1. The van der Waals surface area contributed by atoms with Crippen LogP contribution in [0.25, 0.3) is 12.2 Å². The molecule has 7 nitrogen and oxygen atoms in total. The summed E-state index contributed by atoms with van der Waals surface area (Å²) in [5.41, 5.74) is 4.48. The summed E-state index contributed by atoms with van der Waals surface area (Å²) < 4.78 is 0. The van der Waals surface area contributed by atoms with Crippen LogP contribution in [0.1, 0.15) is 41.2 Å². The smallest absolute Gasteiger partial charge is 0.267 e. The van der Waals surface area contributed by atoms with Gasteiger partial charge in [0.15, 0.2) is 5.78 Å². The number of ketones is 1. The van der Waals surface area contributed by atoms with Crippen LogP contribution in [0.15, 0.2) is 54.6 Å². The number of benzene rings is 1. The average molecular weight is 435 g/mol. The molecule has 2 aromatic rings. The van der Waals surface area contributed by atoms with Crippen molar-refractivity contribution in [2.45, 2.75) is 32.5 Å². The predicted molar refractivity (Wildman–Crippen MR) is 125 cm³/mol. The quantitative estimate of drug-likeness (QED) is 0.302. The molecule has 1 fully saturated rings. The Balaban J connectivity index is 1.60. The van der Waals surface area contributed by atoms with E-state index in [9.17, 15) is 9.59 Å². The topological polar surface area (TPSA) is 85.8 Å². The fourth-order valence-corrected chi connectivity index (χ4v) is 3.79. The molecule has 168 valence electrons. The van der Waals surface area contributed by atoms with E-state index in [4.69, 9.17) is 5.21 Å². The van der Waals surface area contributed by atoms with E-state index in [-0.39, 0.29) is 5.78 Å². The number of allylic oxidation sites excluding steroid dienone is 1. The second kappa shape index (κ2) is 10.9. The highest BCUT2D eigenvalue weighted by Crippen LogP contribution is 2.17. The van der Waals surface area contributed by atoms with Gasteiger partial charge in [-0.25, -0.2) is 10.5 Å². The highest BCUT2D eigenvalue weighted by Gasteiger charge is 2.26. The van der Waals surface area contributed by atoms with Crippen molar-refractivity contribution in [3.05, 3.63) is 77.1 Å². The minimum Gasteiger partial charge on any atom is -0.298 e. The van der Waals surface area contributed by atoms with E-state index in [2.05, 4.69) is 35.7 Å². The maximum Gasteiger partial charge on any atom is 0.267 e. The first-order valence-corrected chi connectivity index (χ1v) is 10.7. The summed E-state index contributed by atoms with van der Waals surface area (Å²) >= 11 is 0. The van der Waals surface area contributed by atoms with Gasteiger partial charge in [0.25, 0.3) is 5.91 Å². The van der Waals surface area contributed by atoms with Crippen LogP contribution < -0.4 is 5.48 Å². The molecule has 1 aromatic heterocycles. The van der Waals surface area contributed by atoms with Crippen LogP contribution in [-0.2, 0) is 11.3 Å². The predicted octanol–water partition coefficient (Wildman–Crippen LogP) is 3.02. The highest BCUT2D eigenvalue weighted by atomic mass is 16.5. The zero-order chi connectivity index (χ0) is 23.1. The Morgan fingerprint density at radius 3 is 2.22 bits per heavy atom. The average Bonchev–Trinajstić information content (AvgIpc) is 2.80. The Morgan fingerprint density at radius 1 is 1.03 bits per heavy atom. The molecule has 7 heteroatoms. The van der Waals surface area contributed by atoms with Crippen LogP contribution in [0.2, 0.25) is 0 Å². The second-order valence-corrected chi connectivity index (χ2v) is 8.25. The Bertz CT molecular complexity index is 989. The number of carbonyl (C=O) groups excluding carboxylic acids is 2. The summed E-state index contributed by atoms with van der Waals surface area (Å²) in [6.45, 7) is 7.46. The maximum atomic E-state index is 12.6. The fourth-order valence-electron chi connectivity index (χ4n) is 3.79. The number of piperazine rings is 1. The number of pyridine rings is 1. The van der Waals surface area contributed by atoms with Gasteiger partial charge in [0.2, 0.25) is 0 Å². The monoisotopic (exact) mass is 434 g/mol. The summed E-state index contributed by atoms with van der Waals surface area (Å²) in [6.07, 6.45) is 5.79. The molecule has 3 rings (SSSR count). The third-order valence-corrected chi connectivity index (χ3v) is 5.79. The molecule has 2 unspecified atom stereocenters. The van der Waals surface area contributed by atoms with E-state index in [1.165, 1.54) is 29.3 Å². The standard InChI is InChI=1S/C25H30N4O3/c1-18-15-29(16-19(2)28(18)3)17-20-7-9-21(10-8-20)24(30)13-11-22-5-4-6-23(26-22)12-14-25(31)27-32/h4-14,18-19,32H,15-17H2,1-3H3,(H,27,31)/b13-11+,14-12+. The number of nitrogens with zero attached hydrogens (tertiary/aromatic N) is 3. The summed E-state index contributed by atoms with van der Waals surface area (Å²) in [5.74, 6) is -0.733. The third kappa shape index (κ3) is 6.43. The zero-order valence-electron chi connectivity index (χ0n) is 18.7. The molecule has 32 heavy (non-hydrogen) atoms. The Kier molecular flexibility index (Phi) is 8.05. The number of likely N-dealkylation sites (N-methyl/N-ethyl adjacent to an activating group) is 1. The van der Waals surface area contributed by atoms with E-state index in [0.717, 1.165) is 19.6 Å². The molecular weight excluding hydrogens is 404 g/mol. The summed E-state index contributed by atoms with van der Waals surface area (Å²) in [4.78, 5) is 32.9. The van der Waals surface area contributed by atoms with Gasteiger partial charge >= 0.3 is 0 Å².